The maximum absolute atomic E-state index is 5.16. The fraction of sp³-hybridized carbons (Fsp3) is 0.538. The third-order valence-electron chi connectivity index (χ3n) is 8.21. The first-order valence-corrected chi connectivity index (χ1v) is 13.0. The Balaban J connectivity index is 1.33. The lowest BCUT2D eigenvalue weighted by Crippen LogP contribution is -2.29. The molecule has 5 heterocycles. The van der Waals surface area contributed by atoms with E-state index in [0.29, 0.717) is 11.3 Å². The molecule has 1 atom stereocenters. The van der Waals surface area contributed by atoms with Crippen LogP contribution in [0.5, 0.6) is 0 Å². The normalized spacial score (nSPS) is 26.7. The van der Waals surface area contributed by atoms with Crippen LogP contribution < -0.4 is 5.32 Å². The summed E-state index contributed by atoms with van der Waals surface area (Å²) in [6, 6.07) is 4.43. The zero-order valence-corrected chi connectivity index (χ0v) is 20.8. The Labute approximate surface area is 199 Å². The smallest absolute Gasteiger partial charge is 0.162 e. The molecule has 1 saturated heterocycles. The molecule has 0 amide bonds. The number of thiophene rings is 1. The Morgan fingerprint density at radius 2 is 1.91 bits per heavy atom. The first kappa shape index (κ1) is 21.2. The van der Waals surface area contributed by atoms with Gasteiger partial charge in [-0.15, -0.1) is 21.5 Å². The summed E-state index contributed by atoms with van der Waals surface area (Å²) in [4.78, 5) is 11.5. The Kier molecular flexibility index (Phi) is 5.03. The second-order valence-corrected chi connectivity index (χ2v) is 11.4. The summed E-state index contributed by atoms with van der Waals surface area (Å²) in [5.74, 6) is 2.41. The van der Waals surface area contributed by atoms with Gasteiger partial charge in [0.1, 0.15) is 16.9 Å². The van der Waals surface area contributed by atoms with E-state index in [9.17, 15) is 0 Å². The molecule has 2 fully saturated rings. The molecule has 0 bridgehead atoms. The zero-order chi connectivity index (χ0) is 22.7. The van der Waals surface area contributed by atoms with E-state index in [-0.39, 0.29) is 6.04 Å². The van der Waals surface area contributed by atoms with Crippen molar-refractivity contribution < 1.29 is 0 Å². The molecular weight excluding hydrogens is 428 g/mol. The predicted octanol–water partition coefficient (Wildman–Crippen LogP) is 5.20. The highest BCUT2D eigenvalue weighted by atomic mass is 32.1. The molecule has 172 valence electrons. The maximum Gasteiger partial charge on any atom is 0.162 e. The second-order valence-electron chi connectivity index (χ2n) is 10.2. The SMILES string of the molecule is Cc1sc2c(c1C)C(c1ccc(C3CCC4(CCNC4)CC3)nc1)=N[C@@H](C)c1nnc(C)n1-2. The molecule has 7 heteroatoms. The summed E-state index contributed by atoms with van der Waals surface area (Å²) in [5, 5.41) is 13.6. The molecule has 6 nitrogen and oxygen atoms in total. The Morgan fingerprint density at radius 1 is 1.09 bits per heavy atom. The van der Waals surface area contributed by atoms with Crippen molar-refractivity contribution in [2.45, 2.75) is 71.8 Å². The summed E-state index contributed by atoms with van der Waals surface area (Å²) >= 11 is 1.80. The van der Waals surface area contributed by atoms with E-state index in [4.69, 9.17) is 9.98 Å². The van der Waals surface area contributed by atoms with Gasteiger partial charge in [-0.25, -0.2) is 0 Å². The van der Waals surface area contributed by atoms with Gasteiger partial charge in [-0.1, -0.05) is 0 Å². The number of aryl methyl sites for hydroxylation is 2. The van der Waals surface area contributed by atoms with Crippen molar-refractivity contribution in [2.24, 2.45) is 10.4 Å². The van der Waals surface area contributed by atoms with Crippen LogP contribution in [0.2, 0.25) is 0 Å². The molecule has 0 radical (unpaired) electrons. The predicted molar refractivity (Wildman–Crippen MR) is 133 cm³/mol. The quantitative estimate of drug-likeness (QED) is 0.571. The van der Waals surface area contributed by atoms with Crippen molar-refractivity contribution in [1.29, 1.82) is 0 Å². The van der Waals surface area contributed by atoms with E-state index >= 15 is 0 Å². The monoisotopic (exact) mass is 460 g/mol. The summed E-state index contributed by atoms with van der Waals surface area (Å²) in [6.07, 6.45) is 8.57. The van der Waals surface area contributed by atoms with Gasteiger partial charge in [0.15, 0.2) is 5.82 Å². The summed E-state index contributed by atoms with van der Waals surface area (Å²) in [6.45, 7) is 10.9. The molecule has 3 aromatic heterocycles. The third-order valence-corrected chi connectivity index (χ3v) is 9.40. The van der Waals surface area contributed by atoms with Crippen LogP contribution in [-0.2, 0) is 0 Å². The number of aromatic nitrogens is 4. The molecular formula is C26H32N6S. The van der Waals surface area contributed by atoms with E-state index in [0.717, 1.165) is 22.9 Å². The van der Waals surface area contributed by atoms with Crippen LogP contribution in [0.15, 0.2) is 23.3 Å². The second kappa shape index (κ2) is 7.84. The Hall–Kier alpha value is -2.38. The van der Waals surface area contributed by atoms with Crippen molar-refractivity contribution in [3.05, 3.63) is 57.2 Å². The molecule has 3 aromatic rings. The number of aliphatic imine (C=N–C) groups is 1. The fourth-order valence-electron chi connectivity index (χ4n) is 6.02. The largest absolute Gasteiger partial charge is 0.316 e. The molecule has 1 saturated carbocycles. The topological polar surface area (TPSA) is 68.0 Å². The first-order chi connectivity index (χ1) is 16.0. The van der Waals surface area contributed by atoms with Crippen molar-refractivity contribution in [1.82, 2.24) is 25.1 Å². The number of hydrogen-bond donors (Lipinski definition) is 1. The van der Waals surface area contributed by atoms with Crippen LogP contribution in [0.3, 0.4) is 0 Å². The lowest BCUT2D eigenvalue weighted by Gasteiger charge is -2.36. The number of pyridine rings is 1. The molecule has 2 aliphatic heterocycles. The summed E-state index contributed by atoms with van der Waals surface area (Å²) in [7, 11) is 0. The number of rotatable bonds is 2. The van der Waals surface area contributed by atoms with E-state index in [1.165, 1.54) is 71.9 Å². The lowest BCUT2D eigenvalue weighted by atomic mass is 9.69. The standard InChI is InChI=1S/C26H32N6S/c1-15-17(3)33-25-22(15)23(29-16(2)24-31-30-18(4)32(24)25)20-5-6-21(28-13-20)19-7-9-26(10-8-19)11-12-27-14-26/h5-6,13,16,19,27H,7-12,14H2,1-4H3/t16-,19?,26?/m0/s1. The van der Waals surface area contributed by atoms with Crippen LogP contribution in [0, 0.1) is 26.2 Å². The van der Waals surface area contributed by atoms with Gasteiger partial charge in [0.2, 0.25) is 0 Å². The third kappa shape index (κ3) is 3.39. The minimum absolute atomic E-state index is 0.0604. The number of fused-ring (bicyclic) bond motifs is 3. The van der Waals surface area contributed by atoms with Crippen LogP contribution in [0.25, 0.3) is 5.00 Å². The van der Waals surface area contributed by atoms with Gasteiger partial charge in [0.25, 0.3) is 0 Å². The van der Waals surface area contributed by atoms with Crippen LogP contribution >= 0.6 is 11.3 Å². The maximum atomic E-state index is 5.16. The molecule has 6 rings (SSSR count). The number of nitrogens with one attached hydrogen (secondary N) is 1. The first-order valence-electron chi connectivity index (χ1n) is 12.2. The van der Waals surface area contributed by atoms with Gasteiger partial charge in [0, 0.05) is 40.4 Å². The van der Waals surface area contributed by atoms with Gasteiger partial charge in [0.05, 0.1) is 5.71 Å². The van der Waals surface area contributed by atoms with Crippen molar-refractivity contribution >= 4 is 17.0 Å². The minimum Gasteiger partial charge on any atom is -0.316 e. The molecule has 1 spiro atoms. The average molecular weight is 461 g/mol. The van der Waals surface area contributed by atoms with Gasteiger partial charge < -0.3 is 5.32 Å². The Bertz CT molecular complexity index is 1220. The zero-order valence-electron chi connectivity index (χ0n) is 20.0. The van der Waals surface area contributed by atoms with E-state index in [2.05, 4.69) is 59.2 Å². The van der Waals surface area contributed by atoms with Crippen LogP contribution in [-0.4, -0.2) is 38.5 Å². The number of hydrogen-bond acceptors (Lipinski definition) is 6. The van der Waals surface area contributed by atoms with Gasteiger partial charge >= 0.3 is 0 Å². The van der Waals surface area contributed by atoms with Gasteiger partial charge in [-0.3, -0.25) is 14.5 Å². The van der Waals surface area contributed by atoms with E-state index in [1.807, 2.05) is 6.92 Å². The highest BCUT2D eigenvalue weighted by Crippen LogP contribution is 2.46. The average Bonchev–Trinajstić information content (AvgIpc) is 3.49. The van der Waals surface area contributed by atoms with Crippen molar-refractivity contribution in [3.63, 3.8) is 0 Å². The molecule has 1 N–H and O–H groups in total. The van der Waals surface area contributed by atoms with Crippen molar-refractivity contribution in [2.75, 3.05) is 13.1 Å². The molecule has 1 aliphatic carbocycles. The number of nitrogens with zero attached hydrogens (tertiary/aromatic N) is 5. The van der Waals surface area contributed by atoms with Gasteiger partial charge in [-0.05, 0) is 89.5 Å². The summed E-state index contributed by atoms with van der Waals surface area (Å²) in [5.41, 5.74) is 6.42. The molecule has 0 aromatic carbocycles. The lowest BCUT2D eigenvalue weighted by molar-refractivity contribution is 0.197. The van der Waals surface area contributed by atoms with Crippen LogP contribution in [0.4, 0.5) is 0 Å². The fourth-order valence-corrected chi connectivity index (χ4v) is 7.23. The highest BCUT2D eigenvalue weighted by Gasteiger charge is 2.38. The van der Waals surface area contributed by atoms with Crippen LogP contribution in [0.1, 0.15) is 89.9 Å². The molecule has 33 heavy (non-hydrogen) atoms. The van der Waals surface area contributed by atoms with Gasteiger partial charge in [-0.2, -0.15) is 0 Å². The highest BCUT2D eigenvalue weighted by molar-refractivity contribution is 7.15. The van der Waals surface area contributed by atoms with E-state index < -0.39 is 0 Å². The summed E-state index contributed by atoms with van der Waals surface area (Å²) < 4.78 is 2.19. The van der Waals surface area contributed by atoms with Crippen molar-refractivity contribution in [3.8, 4) is 5.00 Å². The molecule has 3 aliphatic rings. The Morgan fingerprint density at radius 3 is 2.61 bits per heavy atom. The van der Waals surface area contributed by atoms with E-state index in [1.54, 1.807) is 11.3 Å². The molecule has 0 unspecified atom stereocenters. The minimum atomic E-state index is -0.0604.